The molecule has 0 unspecified atom stereocenters. The lowest BCUT2D eigenvalue weighted by Gasteiger charge is -2.15. The lowest BCUT2D eigenvalue weighted by molar-refractivity contribution is -0.133. The first-order chi connectivity index (χ1) is 14.8. The van der Waals surface area contributed by atoms with E-state index < -0.39 is 0 Å². The van der Waals surface area contributed by atoms with Crippen molar-refractivity contribution in [2.75, 3.05) is 0 Å². The van der Waals surface area contributed by atoms with Crippen LogP contribution in [-0.2, 0) is 9.59 Å². The Balaban J connectivity index is 2.17. The van der Waals surface area contributed by atoms with E-state index in [0.29, 0.717) is 12.8 Å². The lowest BCUT2D eigenvalue weighted by Crippen LogP contribution is -2.24. The first kappa shape index (κ1) is 27.4. The molecule has 0 atom stereocenters. The minimum Gasteiger partial charge on any atom is -0.299 e. The second-order valence-electron chi connectivity index (χ2n) is 9.84. The molecule has 0 aromatic carbocycles. The standard InChI is InChI=1S/C28H52O2/c1-2-3-4-5-6-7-8-9-11-14-17-20-23-26-27(29)24-21-18-15-12-10-13-16-19-22-25-28(26)30/h26H,2-25H2,1H3. The number of carbonyl (C=O) groups excluding carboxylic acids is 2. The van der Waals surface area contributed by atoms with Crippen LogP contribution in [0, 0.1) is 5.92 Å². The second-order valence-corrected chi connectivity index (χ2v) is 9.84. The van der Waals surface area contributed by atoms with Crippen molar-refractivity contribution in [3.8, 4) is 0 Å². The van der Waals surface area contributed by atoms with Gasteiger partial charge in [0.05, 0.1) is 5.92 Å². The number of ketones is 2. The molecule has 0 aliphatic heterocycles. The Labute approximate surface area is 188 Å². The fraction of sp³-hybridized carbons (Fsp3) is 0.929. The molecule has 0 saturated heterocycles. The van der Waals surface area contributed by atoms with Crippen LogP contribution in [0.15, 0.2) is 0 Å². The molecule has 1 fully saturated rings. The van der Waals surface area contributed by atoms with Gasteiger partial charge in [0.1, 0.15) is 11.6 Å². The summed E-state index contributed by atoms with van der Waals surface area (Å²) in [6.07, 6.45) is 28.8. The Bertz CT molecular complexity index is 391. The van der Waals surface area contributed by atoms with Crippen molar-refractivity contribution in [3.05, 3.63) is 0 Å². The average molecular weight is 421 g/mol. The number of hydrogen-bond acceptors (Lipinski definition) is 2. The summed E-state index contributed by atoms with van der Waals surface area (Å²) in [4.78, 5) is 25.4. The van der Waals surface area contributed by atoms with Gasteiger partial charge in [0, 0.05) is 12.8 Å². The molecule has 0 bridgehead atoms. The number of hydrogen-bond donors (Lipinski definition) is 0. The lowest BCUT2D eigenvalue weighted by atomic mass is 9.87. The van der Waals surface area contributed by atoms with Gasteiger partial charge in [0.25, 0.3) is 0 Å². The number of rotatable bonds is 13. The Morgan fingerprint density at radius 2 is 0.833 bits per heavy atom. The maximum atomic E-state index is 12.7. The average Bonchev–Trinajstić information content (AvgIpc) is 2.74. The third kappa shape index (κ3) is 15.2. The zero-order valence-electron chi connectivity index (χ0n) is 20.4. The van der Waals surface area contributed by atoms with Gasteiger partial charge < -0.3 is 0 Å². The van der Waals surface area contributed by atoms with Gasteiger partial charge >= 0.3 is 0 Å². The third-order valence-electron chi connectivity index (χ3n) is 6.97. The first-order valence-corrected chi connectivity index (χ1v) is 13.8. The van der Waals surface area contributed by atoms with E-state index in [4.69, 9.17) is 0 Å². The molecule has 1 saturated carbocycles. The first-order valence-electron chi connectivity index (χ1n) is 13.8. The number of unbranched alkanes of at least 4 members (excludes halogenated alkanes) is 11. The largest absolute Gasteiger partial charge is 0.299 e. The van der Waals surface area contributed by atoms with Gasteiger partial charge in [-0.2, -0.15) is 0 Å². The van der Waals surface area contributed by atoms with Crippen molar-refractivity contribution < 1.29 is 9.59 Å². The van der Waals surface area contributed by atoms with Crippen LogP contribution in [0.5, 0.6) is 0 Å². The molecule has 0 amide bonds. The molecule has 0 N–H and O–H groups in total. The van der Waals surface area contributed by atoms with Crippen LogP contribution < -0.4 is 0 Å². The highest BCUT2D eigenvalue weighted by atomic mass is 16.1. The SMILES string of the molecule is CCCCCCCCCCCCCCC1C(=O)CCCCCCCCCCCC1=O. The van der Waals surface area contributed by atoms with Gasteiger partial charge in [-0.1, -0.05) is 129 Å². The summed E-state index contributed by atoms with van der Waals surface area (Å²) in [7, 11) is 0. The van der Waals surface area contributed by atoms with Gasteiger partial charge in [-0.25, -0.2) is 0 Å². The highest BCUT2D eigenvalue weighted by Crippen LogP contribution is 2.21. The summed E-state index contributed by atoms with van der Waals surface area (Å²) in [5.41, 5.74) is 0. The van der Waals surface area contributed by atoms with Crippen molar-refractivity contribution in [3.63, 3.8) is 0 Å². The van der Waals surface area contributed by atoms with Gasteiger partial charge in [0.2, 0.25) is 0 Å². The highest BCUT2D eigenvalue weighted by Gasteiger charge is 2.24. The summed E-state index contributed by atoms with van der Waals surface area (Å²) in [5, 5.41) is 0. The molecular weight excluding hydrogens is 368 g/mol. The van der Waals surface area contributed by atoms with E-state index in [1.165, 1.54) is 103 Å². The molecule has 2 nitrogen and oxygen atoms in total. The molecule has 0 spiro atoms. The Morgan fingerprint density at radius 3 is 1.23 bits per heavy atom. The van der Waals surface area contributed by atoms with E-state index in [-0.39, 0.29) is 17.5 Å². The maximum Gasteiger partial charge on any atom is 0.143 e. The van der Waals surface area contributed by atoms with Gasteiger partial charge in [-0.05, 0) is 19.3 Å². The molecule has 176 valence electrons. The smallest absolute Gasteiger partial charge is 0.143 e. The van der Waals surface area contributed by atoms with Crippen LogP contribution in [0.2, 0.25) is 0 Å². The quantitative estimate of drug-likeness (QED) is 0.220. The summed E-state index contributed by atoms with van der Waals surface area (Å²) in [6.45, 7) is 2.27. The molecule has 1 aliphatic rings. The summed E-state index contributed by atoms with van der Waals surface area (Å²) < 4.78 is 0. The Kier molecular flexibility index (Phi) is 18.5. The molecule has 1 rings (SSSR count). The van der Waals surface area contributed by atoms with Gasteiger partial charge in [-0.15, -0.1) is 0 Å². The highest BCUT2D eigenvalue weighted by molar-refractivity contribution is 6.02. The molecule has 0 heterocycles. The van der Waals surface area contributed by atoms with Gasteiger partial charge in [-0.3, -0.25) is 9.59 Å². The summed E-state index contributed by atoms with van der Waals surface area (Å²) in [6, 6.07) is 0. The summed E-state index contributed by atoms with van der Waals surface area (Å²) in [5.74, 6) is 0.219. The zero-order valence-corrected chi connectivity index (χ0v) is 20.4. The topological polar surface area (TPSA) is 34.1 Å². The minimum atomic E-state index is -0.281. The molecule has 0 aromatic rings. The van der Waals surface area contributed by atoms with Crippen molar-refractivity contribution in [1.82, 2.24) is 0 Å². The Morgan fingerprint density at radius 1 is 0.500 bits per heavy atom. The predicted octanol–water partition coefficient (Wildman–Crippen LogP) is 9.14. The van der Waals surface area contributed by atoms with E-state index in [9.17, 15) is 9.59 Å². The van der Waals surface area contributed by atoms with Crippen LogP contribution in [0.4, 0.5) is 0 Å². The normalized spacial score (nSPS) is 18.4. The molecule has 0 radical (unpaired) electrons. The van der Waals surface area contributed by atoms with Crippen molar-refractivity contribution >= 4 is 11.6 Å². The van der Waals surface area contributed by atoms with Crippen LogP contribution in [0.25, 0.3) is 0 Å². The van der Waals surface area contributed by atoms with E-state index in [1.807, 2.05) is 0 Å². The second kappa shape index (κ2) is 20.3. The fourth-order valence-electron chi connectivity index (χ4n) is 4.88. The van der Waals surface area contributed by atoms with E-state index in [0.717, 1.165) is 38.5 Å². The predicted molar refractivity (Wildman–Crippen MR) is 130 cm³/mol. The van der Waals surface area contributed by atoms with Crippen molar-refractivity contribution in [2.24, 2.45) is 5.92 Å². The third-order valence-corrected chi connectivity index (χ3v) is 6.97. The maximum absolute atomic E-state index is 12.7. The molecule has 2 heteroatoms. The Hall–Kier alpha value is -0.660. The minimum absolute atomic E-state index is 0.250. The number of carbonyl (C=O) groups is 2. The molecule has 0 aromatic heterocycles. The van der Waals surface area contributed by atoms with E-state index in [1.54, 1.807) is 0 Å². The van der Waals surface area contributed by atoms with Crippen molar-refractivity contribution in [2.45, 2.75) is 161 Å². The van der Waals surface area contributed by atoms with Crippen LogP contribution in [0.1, 0.15) is 161 Å². The monoisotopic (exact) mass is 420 g/mol. The van der Waals surface area contributed by atoms with Crippen LogP contribution in [-0.4, -0.2) is 11.6 Å². The zero-order chi connectivity index (χ0) is 21.7. The molecule has 1 aliphatic carbocycles. The molecule has 30 heavy (non-hydrogen) atoms. The van der Waals surface area contributed by atoms with Crippen LogP contribution >= 0.6 is 0 Å². The summed E-state index contributed by atoms with van der Waals surface area (Å²) >= 11 is 0. The van der Waals surface area contributed by atoms with Crippen molar-refractivity contribution in [1.29, 1.82) is 0 Å². The van der Waals surface area contributed by atoms with E-state index in [2.05, 4.69) is 6.92 Å². The van der Waals surface area contributed by atoms with Crippen LogP contribution in [0.3, 0.4) is 0 Å². The fourth-order valence-corrected chi connectivity index (χ4v) is 4.88. The molecular formula is C28H52O2. The number of Topliss-reactive ketones (excluding diaryl/α,β-unsaturated/α-hetero) is 2. The van der Waals surface area contributed by atoms with E-state index >= 15 is 0 Å². The van der Waals surface area contributed by atoms with Gasteiger partial charge in [0.15, 0.2) is 0 Å².